The quantitative estimate of drug-likeness (QED) is 0.618. The number of aromatic nitrogens is 2. The Balaban J connectivity index is 2.54. The summed E-state index contributed by atoms with van der Waals surface area (Å²) in [6.07, 6.45) is 4.77. The van der Waals surface area contributed by atoms with Gasteiger partial charge in [0.1, 0.15) is 0 Å². The van der Waals surface area contributed by atoms with Crippen LogP contribution in [0.1, 0.15) is 25.5 Å². The molecular weight excluding hydrogens is 220 g/mol. The first-order valence-electron chi connectivity index (χ1n) is 5.56. The van der Waals surface area contributed by atoms with Crippen molar-refractivity contribution in [3.63, 3.8) is 0 Å². The van der Waals surface area contributed by atoms with Crippen molar-refractivity contribution in [2.75, 3.05) is 0 Å². The van der Waals surface area contributed by atoms with Crippen LogP contribution in [0.15, 0.2) is 12.5 Å². The molecule has 17 heavy (non-hydrogen) atoms. The van der Waals surface area contributed by atoms with Crippen LogP contribution in [0, 0.1) is 11.8 Å². The number of aromatic amines is 1. The van der Waals surface area contributed by atoms with E-state index < -0.39 is 11.8 Å². The van der Waals surface area contributed by atoms with Gasteiger partial charge in [-0.3, -0.25) is 9.59 Å². The van der Waals surface area contributed by atoms with E-state index in [4.69, 9.17) is 11.5 Å². The van der Waals surface area contributed by atoms with E-state index in [0.29, 0.717) is 12.8 Å². The molecule has 0 saturated carbocycles. The van der Waals surface area contributed by atoms with E-state index in [1.54, 1.807) is 12.5 Å². The lowest BCUT2D eigenvalue weighted by atomic mass is 9.86. The summed E-state index contributed by atoms with van der Waals surface area (Å²) in [4.78, 5) is 29.1. The second-order valence-corrected chi connectivity index (χ2v) is 4.26. The smallest absolute Gasteiger partial charge is 0.220 e. The Labute approximate surface area is 99.8 Å². The third-order valence-corrected chi connectivity index (χ3v) is 2.84. The van der Waals surface area contributed by atoms with Gasteiger partial charge >= 0.3 is 0 Å². The molecule has 2 unspecified atom stereocenters. The van der Waals surface area contributed by atoms with Gasteiger partial charge in [-0.25, -0.2) is 4.98 Å². The minimum absolute atomic E-state index is 0.135. The number of nitrogens with zero attached hydrogens (tertiary/aromatic N) is 1. The summed E-state index contributed by atoms with van der Waals surface area (Å²) in [5.74, 6) is -1.29. The second kappa shape index (κ2) is 6.03. The molecule has 0 aliphatic rings. The van der Waals surface area contributed by atoms with E-state index in [-0.39, 0.29) is 18.3 Å². The van der Waals surface area contributed by atoms with Gasteiger partial charge in [0.15, 0.2) is 0 Å². The van der Waals surface area contributed by atoms with Gasteiger partial charge in [0.25, 0.3) is 0 Å². The number of nitrogens with two attached hydrogens (primary N) is 2. The summed E-state index contributed by atoms with van der Waals surface area (Å²) in [5.41, 5.74) is 11.3. The minimum Gasteiger partial charge on any atom is -0.370 e. The van der Waals surface area contributed by atoms with E-state index in [0.717, 1.165) is 5.69 Å². The van der Waals surface area contributed by atoms with Gasteiger partial charge in [0.05, 0.1) is 12.0 Å². The van der Waals surface area contributed by atoms with Crippen LogP contribution in [-0.4, -0.2) is 21.8 Å². The van der Waals surface area contributed by atoms with Crippen molar-refractivity contribution in [1.82, 2.24) is 9.97 Å². The zero-order valence-corrected chi connectivity index (χ0v) is 9.85. The summed E-state index contributed by atoms with van der Waals surface area (Å²) in [6, 6.07) is 0. The molecule has 0 fully saturated rings. The van der Waals surface area contributed by atoms with Crippen molar-refractivity contribution in [3.05, 3.63) is 18.2 Å². The van der Waals surface area contributed by atoms with Gasteiger partial charge in [-0.05, 0) is 18.8 Å². The molecule has 0 radical (unpaired) electrons. The standard InChI is InChI=1S/C11H18N4O2/c1-7(4-10(12)16)9(11(13)17)3-2-8-5-14-6-15-8/h5-7,9H,2-4H2,1H3,(H2,12,16)(H2,13,17)(H,14,15). The minimum atomic E-state index is -0.413. The summed E-state index contributed by atoms with van der Waals surface area (Å²) < 4.78 is 0. The average molecular weight is 238 g/mol. The maximum absolute atomic E-state index is 11.3. The van der Waals surface area contributed by atoms with E-state index in [1.165, 1.54) is 0 Å². The zero-order chi connectivity index (χ0) is 12.8. The molecule has 6 heteroatoms. The average Bonchev–Trinajstić information content (AvgIpc) is 2.68. The first-order chi connectivity index (χ1) is 8.00. The summed E-state index contributed by atoms with van der Waals surface area (Å²) in [5, 5.41) is 0. The van der Waals surface area contributed by atoms with E-state index in [1.807, 2.05) is 6.92 Å². The lowest BCUT2D eigenvalue weighted by Crippen LogP contribution is -2.31. The predicted octanol–water partition coefficient (Wildman–Crippen LogP) is -0.0447. The van der Waals surface area contributed by atoms with Crippen molar-refractivity contribution >= 4 is 11.8 Å². The summed E-state index contributed by atoms with van der Waals surface area (Å²) in [6.45, 7) is 1.81. The van der Waals surface area contributed by atoms with Gasteiger partial charge < -0.3 is 16.5 Å². The number of carbonyl (C=O) groups is 2. The largest absolute Gasteiger partial charge is 0.370 e. The molecule has 0 aliphatic carbocycles. The predicted molar refractivity (Wildman–Crippen MR) is 62.6 cm³/mol. The Morgan fingerprint density at radius 1 is 1.47 bits per heavy atom. The molecule has 2 atom stereocenters. The Hall–Kier alpha value is -1.85. The molecule has 0 aromatic carbocycles. The number of aryl methyl sites for hydroxylation is 1. The van der Waals surface area contributed by atoms with Crippen LogP contribution in [0.4, 0.5) is 0 Å². The van der Waals surface area contributed by atoms with Crippen LogP contribution >= 0.6 is 0 Å². The molecule has 5 N–H and O–H groups in total. The van der Waals surface area contributed by atoms with Gasteiger partial charge in [-0.1, -0.05) is 6.92 Å². The highest BCUT2D eigenvalue weighted by atomic mass is 16.1. The monoisotopic (exact) mass is 238 g/mol. The van der Waals surface area contributed by atoms with E-state index in [9.17, 15) is 9.59 Å². The van der Waals surface area contributed by atoms with Crippen molar-refractivity contribution in [2.24, 2.45) is 23.3 Å². The molecule has 1 aromatic rings. The number of primary amides is 2. The lowest BCUT2D eigenvalue weighted by Gasteiger charge is -2.19. The Kier molecular flexibility index (Phi) is 4.68. The molecule has 1 rings (SSSR count). The molecular formula is C11H18N4O2. The van der Waals surface area contributed by atoms with Crippen LogP contribution < -0.4 is 11.5 Å². The number of nitrogens with one attached hydrogen (secondary N) is 1. The number of rotatable bonds is 7. The van der Waals surface area contributed by atoms with Crippen molar-refractivity contribution < 1.29 is 9.59 Å². The highest BCUT2D eigenvalue weighted by Crippen LogP contribution is 2.20. The fourth-order valence-corrected chi connectivity index (χ4v) is 1.90. The fourth-order valence-electron chi connectivity index (χ4n) is 1.90. The van der Waals surface area contributed by atoms with Crippen molar-refractivity contribution in [1.29, 1.82) is 0 Å². The van der Waals surface area contributed by atoms with Crippen LogP contribution in [0.3, 0.4) is 0 Å². The third-order valence-electron chi connectivity index (χ3n) is 2.84. The summed E-state index contributed by atoms with van der Waals surface area (Å²) >= 11 is 0. The Bertz CT molecular complexity index is 375. The zero-order valence-electron chi connectivity index (χ0n) is 9.85. The van der Waals surface area contributed by atoms with Crippen LogP contribution in [0.25, 0.3) is 0 Å². The highest BCUT2D eigenvalue weighted by molar-refractivity contribution is 5.79. The van der Waals surface area contributed by atoms with Crippen molar-refractivity contribution in [2.45, 2.75) is 26.2 Å². The van der Waals surface area contributed by atoms with Gasteiger partial charge in [0, 0.05) is 18.5 Å². The molecule has 0 spiro atoms. The first-order valence-corrected chi connectivity index (χ1v) is 5.56. The molecule has 1 heterocycles. The number of carbonyl (C=O) groups excluding carboxylic acids is 2. The van der Waals surface area contributed by atoms with Crippen LogP contribution in [0.5, 0.6) is 0 Å². The Morgan fingerprint density at radius 2 is 2.18 bits per heavy atom. The highest BCUT2D eigenvalue weighted by Gasteiger charge is 2.24. The first kappa shape index (κ1) is 13.2. The second-order valence-electron chi connectivity index (χ2n) is 4.26. The maximum atomic E-state index is 11.3. The molecule has 1 aromatic heterocycles. The number of amides is 2. The Morgan fingerprint density at radius 3 is 2.65 bits per heavy atom. The fraction of sp³-hybridized carbons (Fsp3) is 0.545. The number of imidazole rings is 1. The summed E-state index contributed by atoms with van der Waals surface area (Å²) in [7, 11) is 0. The molecule has 0 bridgehead atoms. The molecule has 0 aliphatic heterocycles. The van der Waals surface area contributed by atoms with Crippen LogP contribution in [-0.2, 0) is 16.0 Å². The molecule has 6 nitrogen and oxygen atoms in total. The molecule has 2 amide bonds. The van der Waals surface area contributed by atoms with Gasteiger partial charge in [-0.15, -0.1) is 0 Å². The SMILES string of the molecule is CC(CC(N)=O)C(CCc1c[nH]cn1)C(N)=O. The lowest BCUT2D eigenvalue weighted by molar-refractivity contribution is -0.124. The third kappa shape index (κ3) is 4.26. The normalized spacial score (nSPS) is 14.2. The number of hydrogen-bond acceptors (Lipinski definition) is 3. The number of H-pyrrole nitrogens is 1. The van der Waals surface area contributed by atoms with E-state index in [2.05, 4.69) is 9.97 Å². The molecule has 0 saturated heterocycles. The van der Waals surface area contributed by atoms with Gasteiger partial charge in [-0.2, -0.15) is 0 Å². The topological polar surface area (TPSA) is 115 Å². The van der Waals surface area contributed by atoms with Crippen molar-refractivity contribution in [3.8, 4) is 0 Å². The van der Waals surface area contributed by atoms with Crippen LogP contribution in [0.2, 0.25) is 0 Å². The molecule has 94 valence electrons. The van der Waals surface area contributed by atoms with E-state index >= 15 is 0 Å². The number of hydrogen-bond donors (Lipinski definition) is 3. The van der Waals surface area contributed by atoms with Gasteiger partial charge in [0.2, 0.25) is 11.8 Å². The maximum Gasteiger partial charge on any atom is 0.220 e.